The molecule has 0 aliphatic carbocycles. The van der Waals surface area contributed by atoms with Crippen molar-refractivity contribution in [3.05, 3.63) is 32.2 Å². The second kappa shape index (κ2) is 6.24. The topological polar surface area (TPSA) is 92.5 Å². The molecule has 0 N–H and O–H groups in total. The van der Waals surface area contributed by atoms with Gasteiger partial charge in [-0.25, -0.2) is 9.36 Å². The third-order valence-corrected chi connectivity index (χ3v) is 5.07. The lowest BCUT2D eigenvalue weighted by Gasteiger charge is -2.12. The van der Waals surface area contributed by atoms with Crippen LogP contribution in [-0.4, -0.2) is 42.6 Å². The Balaban J connectivity index is 2.49. The van der Waals surface area contributed by atoms with Crippen molar-refractivity contribution in [2.75, 3.05) is 13.7 Å². The number of imidazole rings is 2. The molecule has 1 atom stereocenters. The van der Waals surface area contributed by atoms with Gasteiger partial charge in [0.15, 0.2) is 16.9 Å². The summed E-state index contributed by atoms with van der Waals surface area (Å²) in [4.78, 5) is 42.1. The van der Waals surface area contributed by atoms with Crippen molar-refractivity contribution in [2.45, 2.75) is 40.3 Å². The zero-order valence-corrected chi connectivity index (χ0v) is 15.9. The van der Waals surface area contributed by atoms with E-state index in [4.69, 9.17) is 4.74 Å². The molecule has 0 amide bonds. The van der Waals surface area contributed by atoms with Crippen LogP contribution >= 0.6 is 0 Å². The molecule has 3 aromatic rings. The van der Waals surface area contributed by atoms with Crippen molar-refractivity contribution < 1.29 is 9.53 Å². The van der Waals surface area contributed by atoms with Gasteiger partial charge in [-0.2, -0.15) is 4.98 Å². The van der Waals surface area contributed by atoms with Gasteiger partial charge in [-0.05, 0) is 27.7 Å². The maximum Gasteiger partial charge on any atom is 0.333 e. The molecule has 0 aliphatic heterocycles. The van der Waals surface area contributed by atoms with E-state index in [1.165, 1.54) is 11.5 Å². The standard InChI is InChI=1S/C17H23N5O4/c1-9-10(2)21-13-14(18-16(21)20(9)7-8-26-6)19(5)17(25)22(15(13)24)11(3)12(4)23/h11H,7-8H2,1-6H3/t11-/m1/s1. The highest BCUT2D eigenvalue weighted by molar-refractivity contribution is 5.81. The predicted octanol–water partition coefficient (Wildman–Crippen LogP) is 0.563. The van der Waals surface area contributed by atoms with Crippen molar-refractivity contribution >= 4 is 22.7 Å². The summed E-state index contributed by atoms with van der Waals surface area (Å²) in [5, 5.41) is 0. The van der Waals surface area contributed by atoms with Gasteiger partial charge in [0.1, 0.15) is 0 Å². The van der Waals surface area contributed by atoms with Crippen molar-refractivity contribution in [2.24, 2.45) is 7.05 Å². The molecule has 0 saturated heterocycles. The summed E-state index contributed by atoms with van der Waals surface area (Å²) in [7, 11) is 3.18. The lowest BCUT2D eigenvalue weighted by Crippen LogP contribution is -2.42. The van der Waals surface area contributed by atoms with Crippen LogP contribution in [0.25, 0.3) is 16.9 Å². The van der Waals surface area contributed by atoms with Crippen molar-refractivity contribution in [1.82, 2.24) is 23.1 Å². The molecule has 0 saturated carbocycles. The maximum atomic E-state index is 13.1. The Morgan fingerprint density at radius 2 is 1.88 bits per heavy atom. The van der Waals surface area contributed by atoms with Gasteiger partial charge in [0.05, 0.1) is 12.6 Å². The van der Waals surface area contributed by atoms with Gasteiger partial charge in [-0.3, -0.25) is 18.6 Å². The quantitative estimate of drug-likeness (QED) is 0.662. The highest BCUT2D eigenvalue weighted by atomic mass is 16.5. The van der Waals surface area contributed by atoms with Crippen LogP contribution in [0.2, 0.25) is 0 Å². The third kappa shape index (κ3) is 2.34. The van der Waals surface area contributed by atoms with Crippen LogP contribution in [0.3, 0.4) is 0 Å². The van der Waals surface area contributed by atoms with Crippen LogP contribution in [0.4, 0.5) is 0 Å². The van der Waals surface area contributed by atoms with Crippen molar-refractivity contribution in [3.8, 4) is 0 Å². The van der Waals surface area contributed by atoms with Gasteiger partial charge in [0, 0.05) is 32.1 Å². The van der Waals surface area contributed by atoms with Crippen molar-refractivity contribution in [1.29, 1.82) is 0 Å². The Hall–Kier alpha value is -2.68. The molecular weight excluding hydrogens is 338 g/mol. The molecule has 0 radical (unpaired) electrons. The zero-order chi connectivity index (χ0) is 19.3. The van der Waals surface area contributed by atoms with Crippen LogP contribution in [-0.2, 0) is 23.1 Å². The molecule has 0 spiro atoms. The summed E-state index contributed by atoms with van der Waals surface area (Å²) >= 11 is 0. The number of fused-ring (bicyclic) bond motifs is 3. The molecule has 3 rings (SSSR count). The third-order valence-electron chi connectivity index (χ3n) is 5.07. The number of carbonyl (C=O) groups is 1. The van der Waals surface area contributed by atoms with E-state index in [0.29, 0.717) is 30.1 Å². The van der Waals surface area contributed by atoms with Gasteiger partial charge in [0.25, 0.3) is 5.56 Å². The molecule has 0 aromatic carbocycles. The van der Waals surface area contributed by atoms with E-state index in [-0.39, 0.29) is 5.78 Å². The molecule has 0 unspecified atom stereocenters. The van der Waals surface area contributed by atoms with Gasteiger partial charge < -0.3 is 9.30 Å². The number of nitrogens with zero attached hydrogens (tertiary/aromatic N) is 5. The van der Waals surface area contributed by atoms with Gasteiger partial charge >= 0.3 is 5.69 Å². The summed E-state index contributed by atoms with van der Waals surface area (Å²) in [5.74, 6) is 0.322. The molecule has 9 nitrogen and oxygen atoms in total. The van der Waals surface area contributed by atoms with E-state index >= 15 is 0 Å². The average Bonchev–Trinajstić information content (AvgIpc) is 3.08. The van der Waals surface area contributed by atoms with Crippen LogP contribution < -0.4 is 11.2 Å². The summed E-state index contributed by atoms with van der Waals surface area (Å²) in [6.07, 6.45) is 0. The Kier molecular flexibility index (Phi) is 4.35. The number of hydrogen-bond donors (Lipinski definition) is 0. The number of methoxy groups -OCH3 is 1. The Morgan fingerprint density at radius 1 is 1.23 bits per heavy atom. The molecule has 0 bridgehead atoms. The lowest BCUT2D eigenvalue weighted by molar-refractivity contribution is -0.119. The molecule has 9 heteroatoms. The fourth-order valence-corrected chi connectivity index (χ4v) is 3.26. The summed E-state index contributed by atoms with van der Waals surface area (Å²) in [6.45, 7) is 7.84. The number of carbonyl (C=O) groups excluding carboxylic acids is 1. The summed E-state index contributed by atoms with van der Waals surface area (Å²) in [5.41, 5.74) is 1.36. The second-order valence-corrected chi connectivity index (χ2v) is 6.54. The van der Waals surface area contributed by atoms with Crippen LogP contribution in [0.15, 0.2) is 9.59 Å². The minimum absolute atomic E-state index is 0.255. The van der Waals surface area contributed by atoms with E-state index in [0.717, 1.165) is 16.0 Å². The number of ether oxygens (including phenoxy) is 1. The molecule has 140 valence electrons. The number of ketones is 1. The monoisotopic (exact) mass is 361 g/mol. The molecule has 0 fully saturated rings. The Bertz CT molecular complexity index is 1140. The predicted molar refractivity (Wildman–Crippen MR) is 96.9 cm³/mol. The van der Waals surface area contributed by atoms with Gasteiger partial charge in [0.2, 0.25) is 5.78 Å². The number of hydrogen-bond acceptors (Lipinski definition) is 5. The van der Waals surface area contributed by atoms with E-state index in [1.807, 2.05) is 18.4 Å². The highest BCUT2D eigenvalue weighted by Crippen LogP contribution is 2.20. The number of aromatic nitrogens is 5. The second-order valence-electron chi connectivity index (χ2n) is 6.54. The minimum Gasteiger partial charge on any atom is -0.383 e. The number of rotatable bonds is 5. The molecule has 3 heterocycles. The first-order valence-corrected chi connectivity index (χ1v) is 8.41. The smallest absolute Gasteiger partial charge is 0.333 e. The van der Waals surface area contributed by atoms with Crippen LogP contribution in [0.1, 0.15) is 31.3 Å². The summed E-state index contributed by atoms with van der Waals surface area (Å²) in [6, 6.07) is -0.840. The van der Waals surface area contributed by atoms with E-state index < -0.39 is 17.3 Å². The van der Waals surface area contributed by atoms with Crippen LogP contribution in [0.5, 0.6) is 0 Å². The number of Topliss-reactive ketones (excluding diaryl/α,β-unsaturated/α-hetero) is 1. The normalized spacial score (nSPS) is 13.0. The Labute approximate surface area is 149 Å². The summed E-state index contributed by atoms with van der Waals surface area (Å²) < 4.78 is 11.2. The first-order chi connectivity index (χ1) is 12.2. The first kappa shape index (κ1) is 18.1. The largest absolute Gasteiger partial charge is 0.383 e. The van der Waals surface area contributed by atoms with Crippen LogP contribution in [0, 0.1) is 13.8 Å². The van der Waals surface area contributed by atoms with Gasteiger partial charge in [-0.1, -0.05) is 0 Å². The molecular formula is C17H23N5O4. The first-order valence-electron chi connectivity index (χ1n) is 8.41. The SMILES string of the molecule is COCCn1c(C)c(C)n2c3c(=O)n([C@H](C)C(C)=O)c(=O)n(C)c3nc12. The zero-order valence-electron chi connectivity index (χ0n) is 15.9. The number of aryl methyl sites for hydroxylation is 2. The average molecular weight is 361 g/mol. The fourth-order valence-electron chi connectivity index (χ4n) is 3.26. The van der Waals surface area contributed by atoms with E-state index in [2.05, 4.69) is 4.98 Å². The van der Waals surface area contributed by atoms with E-state index in [1.54, 1.807) is 25.5 Å². The highest BCUT2D eigenvalue weighted by Gasteiger charge is 2.25. The molecule has 26 heavy (non-hydrogen) atoms. The van der Waals surface area contributed by atoms with E-state index in [9.17, 15) is 14.4 Å². The Morgan fingerprint density at radius 3 is 2.46 bits per heavy atom. The molecule has 3 aromatic heterocycles. The van der Waals surface area contributed by atoms with Gasteiger partial charge in [-0.15, -0.1) is 0 Å². The maximum absolute atomic E-state index is 13.1. The minimum atomic E-state index is -0.840. The molecule has 0 aliphatic rings. The fraction of sp³-hybridized carbons (Fsp3) is 0.529. The lowest BCUT2D eigenvalue weighted by atomic mass is 10.2. The van der Waals surface area contributed by atoms with Crippen molar-refractivity contribution in [3.63, 3.8) is 0 Å².